The van der Waals surface area contributed by atoms with E-state index >= 15 is 0 Å². The van der Waals surface area contributed by atoms with Gasteiger partial charge < -0.3 is 14.8 Å². The Kier molecular flexibility index (Phi) is 5.37. The van der Waals surface area contributed by atoms with E-state index in [2.05, 4.69) is 19.2 Å². The Morgan fingerprint density at radius 1 is 1.43 bits per heavy atom. The summed E-state index contributed by atoms with van der Waals surface area (Å²) in [5, 5.41) is 3.51. The number of nitrogens with one attached hydrogen (secondary N) is 1. The Morgan fingerprint density at radius 3 is 2.76 bits per heavy atom. The fraction of sp³-hybridized carbons (Fsp3) is 0.588. The van der Waals surface area contributed by atoms with Crippen molar-refractivity contribution < 1.29 is 14.3 Å². The molecule has 1 fully saturated rings. The summed E-state index contributed by atoms with van der Waals surface area (Å²) in [6.45, 7) is 5.57. The highest BCUT2D eigenvalue weighted by atomic mass is 16.5. The molecule has 0 amide bonds. The molecule has 4 heteroatoms. The largest absolute Gasteiger partial charge is 0.469 e. The van der Waals surface area contributed by atoms with Crippen LogP contribution in [0.25, 0.3) is 0 Å². The fourth-order valence-corrected chi connectivity index (χ4v) is 2.86. The first-order valence-corrected chi connectivity index (χ1v) is 7.52. The standard InChI is InChI=1S/C17H25NO3/c1-17(2)11-14(9-10-21-17)18-12-15(16(19)20-3)13-7-5-4-6-8-13/h4-8,14-15,18H,9-12H2,1-3H3. The van der Waals surface area contributed by atoms with Gasteiger partial charge in [-0.2, -0.15) is 0 Å². The SMILES string of the molecule is COC(=O)C(CNC1CCOC(C)(C)C1)c1ccccc1. The topological polar surface area (TPSA) is 47.6 Å². The van der Waals surface area contributed by atoms with Crippen LogP contribution in [-0.4, -0.2) is 37.9 Å². The lowest BCUT2D eigenvalue weighted by atomic mass is 9.92. The average molecular weight is 291 g/mol. The fourth-order valence-electron chi connectivity index (χ4n) is 2.86. The van der Waals surface area contributed by atoms with Gasteiger partial charge in [-0.3, -0.25) is 4.79 Å². The Balaban J connectivity index is 1.98. The van der Waals surface area contributed by atoms with E-state index in [9.17, 15) is 4.79 Å². The second kappa shape index (κ2) is 7.05. The average Bonchev–Trinajstić information content (AvgIpc) is 2.47. The third-order valence-corrected chi connectivity index (χ3v) is 4.00. The molecule has 1 aliphatic rings. The van der Waals surface area contributed by atoms with Crippen LogP contribution in [-0.2, 0) is 14.3 Å². The van der Waals surface area contributed by atoms with Crippen LogP contribution in [0, 0.1) is 0 Å². The predicted molar refractivity (Wildman–Crippen MR) is 82.3 cm³/mol. The number of esters is 1. The van der Waals surface area contributed by atoms with Gasteiger partial charge in [0.15, 0.2) is 0 Å². The van der Waals surface area contributed by atoms with Crippen molar-refractivity contribution in [1.82, 2.24) is 5.32 Å². The van der Waals surface area contributed by atoms with Gasteiger partial charge in [-0.25, -0.2) is 0 Å². The van der Waals surface area contributed by atoms with E-state index in [0.717, 1.165) is 25.0 Å². The summed E-state index contributed by atoms with van der Waals surface area (Å²) >= 11 is 0. The van der Waals surface area contributed by atoms with Gasteiger partial charge in [0.05, 0.1) is 18.6 Å². The maximum absolute atomic E-state index is 12.0. The molecule has 4 nitrogen and oxygen atoms in total. The second-order valence-corrected chi connectivity index (χ2v) is 6.19. The summed E-state index contributed by atoms with van der Waals surface area (Å²) in [5.41, 5.74) is 0.895. The molecule has 1 aliphatic heterocycles. The molecule has 0 radical (unpaired) electrons. The number of methoxy groups -OCH3 is 1. The maximum atomic E-state index is 12.0. The molecule has 1 saturated heterocycles. The number of rotatable bonds is 5. The molecule has 116 valence electrons. The zero-order valence-corrected chi connectivity index (χ0v) is 13.1. The van der Waals surface area contributed by atoms with Crippen molar-refractivity contribution in [2.45, 2.75) is 44.2 Å². The normalized spacial score (nSPS) is 22.5. The van der Waals surface area contributed by atoms with E-state index in [4.69, 9.17) is 9.47 Å². The highest BCUT2D eigenvalue weighted by molar-refractivity contribution is 5.78. The molecule has 2 rings (SSSR count). The first-order chi connectivity index (χ1) is 10.0. The zero-order chi connectivity index (χ0) is 15.3. The van der Waals surface area contributed by atoms with E-state index < -0.39 is 0 Å². The van der Waals surface area contributed by atoms with E-state index in [1.807, 2.05) is 30.3 Å². The van der Waals surface area contributed by atoms with Crippen molar-refractivity contribution in [1.29, 1.82) is 0 Å². The number of hydrogen-bond donors (Lipinski definition) is 1. The van der Waals surface area contributed by atoms with Gasteiger partial charge in [0, 0.05) is 19.2 Å². The zero-order valence-electron chi connectivity index (χ0n) is 13.1. The highest BCUT2D eigenvalue weighted by Gasteiger charge is 2.30. The van der Waals surface area contributed by atoms with Crippen molar-refractivity contribution in [2.24, 2.45) is 0 Å². The van der Waals surface area contributed by atoms with Gasteiger partial charge in [-0.05, 0) is 32.3 Å². The third kappa shape index (κ3) is 4.55. The second-order valence-electron chi connectivity index (χ2n) is 6.19. The molecule has 2 unspecified atom stereocenters. The summed E-state index contributed by atoms with van der Waals surface area (Å²) < 4.78 is 10.7. The van der Waals surface area contributed by atoms with Crippen molar-refractivity contribution in [3.63, 3.8) is 0 Å². The number of carbonyl (C=O) groups excluding carboxylic acids is 1. The molecule has 1 N–H and O–H groups in total. The van der Waals surface area contributed by atoms with Crippen LogP contribution in [0.1, 0.15) is 38.2 Å². The molecule has 21 heavy (non-hydrogen) atoms. The molecule has 0 spiro atoms. The highest BCUT2D eigenvalue weighted by Crippen LogP contribution is 2.25. The van der Waals surface area contributed by atoms with Gasteiger partial charge in [0.25, 0.3) is 0 Å². The summed E-state index contributed by atoms with van der Waals surface area (Å²) in [6, 6.07) is 10.2. The maximum Gasteiger partial charge on any atom is 0.314 e. The first-order valence-electron chi connectivity index (χ1n) is 7.52. The third-order valence-electron chi connectivity index (χ3n) is 4.00. The molecule has 0 saturated carbocycles. The van der Waals surface area contributed by atoms with Crippen LogP contribution in [0.2, 0.25) is 0 Å². The lowest BCUT2D eigenvalue weighted by Crippen LogP contribution is -2.45. The Morgan fingerprint density at radius 2 is 2.14 bits per heavy atom. The van der Waals surface area contributed by atoms with Crippen molar-refractivity contribution in [3.05, 3.63) is 35.9 Å². The van der Waals surface area contributed by atoms with E-state index in [0.29, 0.717) is 12.6 Å². The summed E-state index contributed by atoms with van der Waals surface area (Å²) in [7, 11) is 1.44. The van der Waals surface area contributed by atoms with Gasteiger partial charge in [-0.15, -0.1) is 0 Å². The number of hydrogen-bond acceptors (Lipinski definition) is 4. The van der Waals surface area contributed by atoms with E-state index in [1.54, 1.807) is 0 Å². The molecule has 1 heterocycles. The number of ether oxygens (including phenoxy) is 2. The summed E-state index contributed by atoms with van der Waals surface area (Å²) in [5.74, 6) is -0.456. The number of carbonyl (C=O) groups is 1. The monoisotopic (exact) mass is 291 g/mol. The van der Waals surface area contributed by atoms with Crippen LogP contribution in [0.4, 0.5) is 0 Å². The van der Waals surface area contributed by atoms with Crippen LogP contribution in [0.3, 0.4) is 0 Å². The molecule has 1 aromatic rings. The van der Waals surface area contributed by atoms with E-state index in [-0.39, 0.29) is 17.5 Å². The van der Waals surface area contributed by atoms with Crippen molar-refractivity contribution in [3.8, 4) is 0 Å². The summed E-state index contributed by atoms with van der Waals surface area (Å²) in [4.78, 5) is 12.0. The Labute approximate surface area is 126 Å². The number of benzene rings is 1. The van der Waals surface area contributed by atoms with Crippen LogP contribution in [0.15, 0.2) is 30.3 Å². The lowest BCUT2D eigenvalue weighted by molar-refractivity contribution is -0.142. The summed E-state index contributed by atoms with van der Waals surface area (Å²) in [6.07, 6.45) is 1.93. The molecule has 0 aromatic heterocycles. The van der Waals surface area contributed by atoms with Crippen LogP contribution >= 0.6 is 0 Å². The van der Waals surface area contributed by atoms with Crippen molar-refractivity contribution in [2.75, 3.05) is 20.3 Å². The molecule has 1 aromatic carbocycles. The van der Waals surface area contributed by atoms with Gasteiger partial charge in [-0.1, -0.05) is 30.3 Å². The molecule has 2 atom stereocenters. The lowest BCUT2D eigenvalue weighted by Gasteiger charge is -2.36. The Bertz CT molecular complexity index is 458. The minimum atomic E-state index is -0.262. The minimum Gasteiger partial charge on any atom is -0.469 e. The predicted octanol–water partition coefficient (Wildman–Crippen LogP) is 2.49. The molecular weight excluding hydrogens is 266 g/mol. The van der Waals surface area contributed by atoms with E-state index in [1.165, 1.54) is 7.11 Å². The van der Waals surface area contributed by atoms with Crippen LogP contribution in [0.5, 0.6) is 0 Å². The first kappa shape index (κ1) is 16.0. The smallest absolute Gasteiger partial charge is 0.314 e. The molecular formula is C17H25NO3. The molecule has 0 bridgehead atoms. The van der Waals surface area contributed by atoms with Gasteiger partial charge in [0.1, 0.15) is 0 Å². The van der Waals surface area contributed by atoms with Crippen LogP contribution < -0.4 is 5.32 Å². The van der Waals surface area contributed by atoms with Crippen molar-refractivity contribution >= 4 is 5.97 Å². The molecule has 0 aliphatic carbocycles. The van der Waals surface area contributed by atoms with Gasteiger partial charge >= 0.3 is 5.97 Å². The van der Waals surface area contributed by atoms with Gasteiger partial charge in [0.2, 0.25) is 0 Å². The minimum absolute atomic E-state index is 0.0938. The quantitative estimate of drug-likeness (QED) is 0.847. The Hall–Kier alpha value is -1.39.